The Morgan fingerprint density at radius 2 is 1.73 bits per heavy atom. The highest BCUT2D eigenvalue weighted by molar-refractivity contribution is 8.14. The Morgan fingerprint density at radius 3 is 2.42 bits per heavy atom. The molecule has 148 valence electrons. The molecule has 4 rings (SSSR count). The topological polar surface area (TPSA) is 34.1 Å². The third-order valence-electron chi connectivity index (χ3n) is 6.91. The second-order valence-electron chi connectivity index (χ2n) is 8.67. The van der Waals surface area contributed by atoms with Crippen molar-refractivity contribution in [1.82, 2.24) is 20.1 Å². The van der Waals surface area contributed by atoms with Gasteiger partial charge in [-0.1, -0.05) is 18.2 Å². The Morgan fingerprint density at radius 1 is 0.962 bits per heavy atom. The lowest BCUT2D eigenvalue weighted by Gasteiger charge is -2.46. The van der Waals surface area contributed by atoms with Crippen molar-refractivity contribution in [2.45, 2.75) is 69.3 Å². The Balaban J connectivity index is 1.35. The normalized spacial score (nSPS) is 36.2. The molecular formula is C20H37N5S. The van der Waals surface area contributed by atoms with E-state index in [0.717, 1.165) is 12.6 Å². The largest absolute Gasteiger partial charge is 0.316 e. The van der Waals surface area contributed by atoms with Gasteiger partial charge in [0.15, 0.2) is 0 Å². The van der Waals surface area contributed by atoms with Gasteiger partial charge in [0, 0.05) is 38.6 Å². The number of likely N-dealkylation sites (tertiary alicyclic amines) is 2. The highest BCUT2D eigenvalue weighted by Gasteiger charge is 2.37. The molecule has 4 aliphatic rings. The van der Waals surface area contributed by atoms with Crippen molar-refractivity contribution in [3.05, 3.63) is 0 Å². The van der Waals surface area contributed by atoms with Gasteiger partial charge in [-0.15, -0.1) is 0 Å². The number of thioether (sulfide) groups is 1. The van der Waals surface area contributed by atoms with E-state index in [1.807, 2.05) is 0 Å². The van der Waals surface area contributed by atoms with Crippen molar-refractivity contribution in [1.29, 1.82) is 0 Å². The molecule has 0 aromatic rings. The Labute approximate surface area is 163 Å². The predicted octanol–water partition coefficient (Wildman–Crippen LogP) is 2.64. The quantitative estimate of drug-likeness (QED) is 0.815. The minimum atomic E-state index is 0.492. The first-order chi connectivity index (χ1) is 12.7. The molecule has 4 aliphatic heterocycles. The smallest absolute Gasteiger partial charge is 0.0993 e. The van der Waals surface area contributed by atoms with E-state index in [1.165, 1.54) is 82.7 Å². The van der Waals surface area contributed by atoms with Crippen LogP contribution in [0.2, 0.25) is 0 Å². The summed E-state index contributed by atoms with van der Waals surface area (Å²) < 4.78 is 0. The van der Waals surface area contributed by atoms with Gasteiger partial charge in [-0.05, 0) is 65.1 Å². The number of rotatable bonds is 3. The number of nitrogens with one attached hydrogen (secondary N) is 1. The summed E-state index contributed by atoms with van der Waals surface area (Å²) in [4.78, 5) is 5.54. The van der Waals surface area contributed by atoms with Gasteiger partial charge < -0.3 is 10.2 Å². The van der Waals surface area contributed by atoms with Gasteiger partial charge >= 0.3 is 0 Å². The molecule has 1 N–H and O–H groups in total. The summed E-state index contributed by atoms with van der Waals surface area (Å²) in [5, 5.41) is 12.7. The van der Waals surface area contributed by atoms with Crippen LogP contribution in [0.5, 0.6) is 0 Å². The number of hydrogen-bond acceptors (Lipinski definition) is 6. The predicted molar refractivity (Wildman–Crippen MR) is 112 cm³/mol. The van der Waals surface area contributed by atoms with Crippen LogP contribution in [0, 0.1) is 5.92 Å². The van der Waals surface area contributed by atoms with E-state index >= 15 is 0 Å². The average molecular weight is 380 g/mol. The van der Waals surface area contributed by atoms with Crippen LogP contribution >= 0.6 is 11.8 Å². The number of nitrogens with zero attached hydrogens (tertiary/aromatic N) is 4. The van der Waals surface area contributed by atoms with Gasteiger partial charge in [0.05, 0.1) is 16.5 Å². The van der Waals surface area contributed by atoms with Gasteiger partial charge in [-0.2, -0.15) is 5.10 Å². The van der Waals surface area contributed by atoms with E-state index in [9.17, 15) is 0 Å². The molecule has 0 aromatic heterocycles. The Kier molecular flexibility index (Phi) is 6.44. The van der Waals surface area contributed by atoms with Crippen LogP contribution in [0.3, 0.4) is 0 Å². The summed E-state index contributed by atoms with van der Waals surface area (Å²) in [6.45, 7) is 9.83. The molecule has 0 spiro atoms. The minimum absolute atomic E-state index is 0.492. The van der Waals surface area contributed by atoms with Crippen LogP contribution in [-0.2, 0) is 0 Å². The van der Waals surface area contributed by atoms with Crippen molar-refractivity contribution in [2.24, 2.45) is 11.0 Å². The van der Waals surface area contributed by atoms with E-state index in [-0.39, 0.29) is 0 Å². The fourth-order valence-electron chi connectivity index (χ4n) is 5.09. The second-order valence-corrected chi connectivity index (χ2v) is 9.80. The zero-order chi connectivity index (χ0) is 17.9. The van der Waals surface area contributed by atoms with E-state index in [1.54, 1.807) is 0 Å². The van der Waals surface area contributed by atoms with Gasteiger partial charge in [-0.25, -0.2) is 0 Å². The molecule has 3 saturated heterocycles. The number of likely N-dealkylation sites (N-methyl/N-ethyl adjacent to an activating group) is 1. The van der Waals surface area contributed by atoms with Crippen molar-refractivity contribution < 1.29 is 0 Å². The SMILES string of the molecule is CC1C(N2CCC(N3CCCCC3)CC2)SC(C2CCCNC2)=NN1C. The third-order valence-corrected chi connectivity index (χ3v) is 8.50. The molecule has 0 saturated carbocycles. The summed E-state index contributed by atoms with van der Waals surface area (Å²) >= 11 is 2.07. The molecule has 6 heteroatoms. The summed E-state index contributed by atoms with van der Waals surface area (Å²) in [6, 6.07) is 1.33. The highest BCUT2D eigenvalue weighted by Crippen LogP contribution is 2.35. The molecule has 5 nitrogen and oxygen atoms in total. The molecule has 0 aromatic carbocycles. The molecule has 3 fully saturated rings. The summed E-state index contributed by atoms with van der Waals surface area (Å²) in [5.74, 6) is 0.622. The molecule has 4 heterocycles. The first-order valence-electron chi connectivity index (χ1n) is 10.9. The maximum Gasteiger partial charge on any atom is 0.0993 e. The molecule has 0 radical (unpaired) electrons. The van der Waals surface area contributed by atoms with E-state index < -0.39 is 0 Å². The molecule has 3 unspecified atom stereocenters. The molecular weight excluding hydrogens is 342 g/mol. The Bertz CT molecular complexity index is 479. The lowest BCUT2D eigenvalue weighted by atomic mass is 9.99. The maximum absolute atomic E-state index is 4.96. The molecule has 0 bridgehead atoms. The van der Waals surface area contributed by atoms with Crippen molar-refractivity contribution in [2.75, 3.05) is 46.3 Å². The molecule has 3 atom stereocenters. The number of hydrazone groups is 1. The van der Waals surface area contributed by atoms with Gasteiger partial charge in [0.2, 0.25) is 0 Å². The van der Waals surface area contributed by atoms with Crippen LogP contribution in [0.4, 0.5) is 0 Å². The van der Waals surface area contributed by atoms with Gasteiger partial charge in [-0.3, -0.25) is 9.91 Å². The van der Waals surface area contributed by atoms with Crippen LogP contribution < -0.4 is 5.32 Å². The zero-order valence-electron chi connectivity index (χ0n) is 16.7. The zero-order valence-corrected chi connectivity index (χ0v) is 17.5. The third kappa shape index (κ3) is 4.23. The number of piperidine rings is 3. The lowest BCUT2D eigenvalue weighted by Crippen LogP contribution is -2.55. The van der Waals surface area contributed by atoms with Crippen molar-refractivity contribution in [3.8, 4) is 0 Å². The summed E-state index contributed by atoms with van der Waals surface area (Å²) in [7, 11) is 2.17. The summed E-state index contributed by atoms with van der Waals surface area (Å²) in [6.07, 6.45) is 9.55. The fourth-order valence-corrected chi connectivity index (χ4v) is 6.64. The van der Waals surface area contributed by atoms with E-state index in [2.05, 4.69) is 45.9 Å². The summed E-state index contributed by atoms with van der Waals surface area (Å²) in [5.41, 5.74) is 0. The first kappa shape index (κ1) is 19.0. The standard InChI is InChI=1S/C20H37N5S/c1-16-20(26-19(22-23(16)2)17-7-6-10-21-15-17)25-13-8-18(9-14-25)24-11-4-3-5-12-24/h16-18,20-21H,3-15H2,1-2H3. The molecule has 0 aliphatic carbocycles. The lowest BCUT2D eigenvalue weighted by molar-refractivity contribution is 0.0698. The van der Waals surface area contributed by atoms with Crippen molar-refractivity contribution in [3.63, 3.8) is 0 Å². The second kappa shape index (κ2) is 8.80. The average Bonchev–Trinajstić information content (AvgIpc) is 2.71. The van der Waals surface area contributed by atoms with Crippen LogP contribution in [-0.4, -0.2) is 83.6 Å². The van der Waals surface area contributed by atoms with Gasteiger partial charge in [0.1, 0.15) is 0 Å². The minimum Gasteiger partial charge on any atom is -0.316 e. The van der Waals surface area contributed by atoms with Crippen molar-refractivity contribution >= 4 is 16.8 Å². The first-order valence-corrected chi connectivity index (χ1v) is 11.8. The van der Waals surface area contributed by atoms with Gasteiger partial charge in [0.25, 0.3) is 0 Å². The van der Waals surface area contributed by atoms with E-state index in [4.69, 9.17) is 5.10 Å². The monoisotopic (exact) mass is 379 g/mol. The molecule has 26 heavy (non-hydrogen) atoms. The van der Waals surface area contributed by atoms with Crippen LogP contribution in [0.25, 0.3) is 0 Å². The Hall–Kier alpha value is -0.300. The van der Waals surface area contributed by atoms with Crippen LogP contribution in [0.1, 0.15) is 51.9 Å². The van der Waals surface area contributed by atoms with E-state index in [0.29, 0.717) is 17.3 Å². The number of hydrogen-bond donors (Lipinski definition) is 1. The fraction of sp³-hybridized carbons (Fsp3) is 0.950. The maximum atomic E-state index is 4.96. The highest BCUT2D eigenvalue weighted by atomic mass is 32.2. The van der Waals surface area contributed by atoms with Crippen LogP contribution in [0.15, 0.2) is 5.10 Å². The molecule has 0 amide bonds.